The smallest absolute Gasteiger partial charge is 0.410 e. The van der Waals surface area contributed by atoms with E-state index in [1.165, 1.54) is 32.1 Å². The van der Waals surface area contributed by atoms with Gasteiger partial charge in [-0.2, -0.15) is 10.2 Å². The number of likely N-dealkylation sites (tertiary alicyclic amines) is 1. The van der Waals surface area contributed by atoms with Crippen LogP contribution in [0.3, 0.4) is 0 Å². The van der Waals surface area contributed by atoms with Crippen molar-refractivity contribution >= 4 is 23.2 Å². The topological polar surface area (TPSA) is 102 Å². The number of hydrogen-bond acceptors (Lipinski definition) is 7. The van der Waals surface area contributed by atoms with Gasteiger partial charge < -0.3 is 15.0 Å². The van der Waals surface area contributed by atoms with Crippen LogP contribution >= 0.6 is 0 Å². The summed E-state index contributed by atoms with van der Waals surface area (Å²) >= 11 is 0. The van der Waals surface area contributed by atoms with Gasteiger partial charge in [-0.3, -0.25) is 4.68 Å². The highest BCUT2D eigenvalue weighted by Gasteiger charge is 2.37. The van der Waals surface area contributed by atoms with Gasteiger partial charge in [0.2, 0.25) is 0 Å². The van der Waals surface area contributed by atoms with Gasteiger partial charge in [-0.15, -0.1) is 0 Å². The average molecular weight is 495 g/mol. The highest BCUT2D eigenvalue weighted by molar-refractivity contribution is 5.69. The third kappa shape index (κ3) is 5.17. The van der Waals surface area contributed by atoms with Crippen molar-refractivity contribution in [3.8, 4) is 0 Å². The fourth-order valence-corrected chi connectivity index (χ4v) is 5.70. The fraction of sp³-hybridized carbons (Fsp3) is 0.654. The van der Waals surface area contributed by atoms with E-state index in [0.29, 0.717) is 17.4 Å². The molecule has 10 nitrogen and oxygen atoms in total. The number of amides is 1. The van der Waals surface area contributed by atoms with Crippen molar-refractivity contribution in [2.45, 2.75) is 109 Å². The Morgan fingerprint density at radius 1 is 1.06 bits per heavy atom. The number of anilines is 2. The lowest BCUT2D eigenvalue weighted by Gasteiger charge is -2.42. The van der Waals surface area contributed by atoms with Gasteiger partial charge in [0.05, 0.1) is 29.8 Å². The minimum absolute atomic E-state index is 0.0543. The maximum atomic E-state index is 12.8. The van der Waals surface area contributed by atoms with Crippen LogP contribution < -0.4 is 5.32 Å². The quantitative estimate of drug-likeness (QED) is 0.514. The second kappa shape index (κ2) is 9.71. The van der Waals surface area contributed by atoms with Gasteiger partial charge in [0.1, 0.15) is 11.9 Å². The first-order valence-corrected chi connectivity index (χ1v) is 13.2. The molecule has 4 heterocycles. The largest absolute Gasteiger partial charge is 0.444 e. The summed E-state index contributed by atoms with van der Waals surface area (Å²) in [6, 6.07) is 0.302. The van der Waals surface area contributed by atoms with Gasteiger partial charge in [0.15, 0.2) is 11.5 Å². The Labute approximate surface area is 212 Å². The van der Waals surface area contributed by atoms with E-state index in [0.717, 1.165) is 24.2 Å². The molecule has 0 spiro atoms. The number of ether oxygens (including phenoxy) is 1. The van der Waals surface area contributed by atoms with Gasteiger partial charge in [0.25, 0.3) is 0 Å². The summed E-state index contributed by atoms with van der Waals surface area (Å²) < 4.78 is 9.47. The second-order valence-electron chi connectivity index (χ2n) is 11.4. The molecule has 0 radical (unpaired) electrons. The van der Waals surface area contributed by atoms with E-state index in [-0.39, 0.29) is 24.2 Å². The summed E-state index contributed by atoms with van der Waals surface area (Å²) in [7, 11) is 0. The molecule has 0 aromatic carbocycles. The molecule has 1 aliphatic heterocycles. The van der Waals surface area contributed by atoms with E-state index in [2.05, 4.69) is 34.3 Å². The van der Waals surface area contributed by atoms with Gasteiger partial charge >= 0.3 is 6.09 Å². The maximum Gasteiger partial charge on any atom is 0.410 e. The summed E-state index contributed by atoms with van der Waals surface area (Å²) in [5, 5.41) is 12.5. The van der Waals surface area contributed by atoms with Crippen LogP contribution in [0.4, 0.5) is 16.3 Å². The lowest BCUT2D eigenvalue weighted by molar-refractivity contribution is -0.00692. The zero-order valence-electron chi connectivity index (χ0n) is 22.0. The molecule has 10 heteroatoms. The molecule has 2 aliphatic rings. The first kappa shape index (κ1) is 24.5. The van der Waals surface area contributed by atoms with E-state index in [9.17, 15) is 4.79 Å². The molecule has 1 aliphatic carbocycles. The molecule has 1 N–H and O–H groups in total. The molecule has 1 unspecified atom stereocenters. The SMILES string of the molecule is C[C@@H]1CC(n2cc(Nc3nc(C4CCCCC4)cn4ncnc34)cn2)C[C@H](C)N1C(=O)OC(C)(C)C. The van der Waals surface area contributed by atoms with Crippen LogP contribution in [-0.2, 0) is 4.74 Å². The van der Waals surface area contributed by atoms with Crippen LogP contribution in [0.2, 0.25) is 0 Å². The third-order valence-electron chi connectivity index (χ3n) is 7.32. The number of aromatic nitrogens is 6. The minimum Gasteiger partial charge on any atom is -0.444 e. The molecular weight excluding hydrogens is 456 g/mol. The number of hydrogen-bond donors (Lipinski definition) is 1. The van der Waals surface area contributed by atoms with Crippen molar-refractivity contribution in [1.29, 1.82) is 0 Å². The number of piperidine rings is 1. The number of rotatable bonds is 4. The van der Waals surface area contributed by atoms with E-state index in [1.54, 1.807) is 6.33 Å². The van der Waals surface area contributed by atoms with Gasteiger partial charge in [-0.25, -0.2) is 19.3 Å². The Morgan fingerprint density at radius 2 is 1.78 bits per heavy atom. The Morgan fingerprint density at radius 3 is 2.47 bits per heavy atom. The first-order valence-electron chi connectivity index (χ1n) is 13.2. The van der Waals surface area contributed by atoms with Crippen molar-refractivity contribution in [3.63, 3.8) is 0 Å². The average Bonchev–Trinajstić information content (AvgIpc) is 3.47. The monoisotopic (exact) mass is 494 g/mol. The molecule has 5 rings (SSSR count). The van der Waals surface area contributed by atoms with Crippen LogP contribution in [-0.4, -0.2) is 58.0 Å². The van der Waals surface area contributed by atoms with Gasteiger partial charge in [-0.05, 0) is 60.3 Å². The van der Waals surface area contributed by atoms with E-state index in [4.69, 9.17) is 9.72 Å². The predicted octanol–water partition coefficient (Wildman–Crippen LogP) is 5.46. The first-order chi connectivity index (χ1) is 17.2. The second-order valence-corrected chi connectivity index (χ2v) is 11.4. The van der Waals surface area contributed by atoms with Crippen LogP contribution in [0.1, 0.15) is 97.2 Å². The normalized spacial score (nSPS) is 23.7. The van der Waals surface area contributed by atoms with Crippen LogP contribution in [0.5, 0.6) is 0 Å². The maximum absolute atomic E-state index is 12.8. The van der Waals surface area contributed by atoms with Gasteiger partial charge in [-0.1, -0.05) is 19.3 Å². The van der Waals surface area contributed by atoms with Crippen LogP contribution in [0, 0.1) is 0 Å². The van der Waals surface area contributed by atoms with Crippen LogP contribution in [0.15, 0.2) is 24.9 Å². The van der Waals surface area contributed by atoms with Crippen molar-refractivity contribution in [3.05, 3.63) is 30.6 Å². The Hall–Kier alpha value is -3.17. The van der Waals surface area contributed by atoms with Crippen molar-refractivity contribution in [1.82, 2.24) is 34.3 Å². The van der Waals surface area contributed by atoms with Gasteiger partial charge in [0, 0.05) is 24.2 Å². The molecule has 1 saturated carbocycles. The summed E-state index contributed by atoms with van der Waals surface area (Å²) in [5.74, 6) is 1.17. The lowest BCUT2D eigenvalue weighted by Crippen LogP contribution is -2.51. The number of nitrogens with one attached hydrogen (secondary N) is 1. The third-order valence-corrected chi connectivity index (χ3v) is 7.32. The highest BCUT2D eigenvalue weighted by atomic mass is 16.6. The molecule has 36 heavy (non-hydrogen) atoms. The molecule has 3 aromatic heterocycles. The Balaban J connectivity index is 1.31. The summed E-state index contributed by atoms with van der Waals surface area (Å²) in [4.78, 5) is 24.0. The number of fused-ring (bicyclic) bond motifs is 1. The van der Waals surface area contributed by atoms with Crippen molar-refractivity contribution in [2.75, 3.05) is 5.32 Å². The molecule has 194 valence electrons. The molecule has 2 fully saturated rings. The van der Waals surface area contributed by atoms with E-state index < -0.39 is 5.60 Å². The Bertz CT molecular complexity index is 1190. The number of carbonyl (C=O) groups excluding carboxylic acids is 1. The molecular formula is C26H38N8O2. The minimum atomic E-state index is -0.506. The van der Waals surface area contributed by atoms with E-state index in [1.807, 2.05) is 53.5 Å². The van der Waals surface area contributed by atoms with Crippen molar-refractivity contribution < 1.29 is 9.53 Å². The summed E-state index contributed by atoms with van der Waals surface area (Å²) in [5.41, 5.74) is 2.13. The highest BCUT2D eigenvalue weighted by Crippen LogP contribution is 2.34. The molecule has 1 saturated heterocycles. The predicted molar refractivity (Wildman–Crippen MR) is 137 cm³/mol. The Kier molecular flexibility index (Phi) is 6.61. The zero-order chi connectivity index (χ0) is 25.4. The molecule has 0 bridgehead atoms. The lowest BCUT2D eigenvalue weighted by atomic mass is 9.87. The molecule has 3 aromatic rings. The zero-order valence-corrected chi connectivity index (χ0v) is 22.0. The molecule has 1 amide bonds. The fourth-order valence-electron chi connectivity index (χ4n) is 5.70. The van der Waals surface area contributed by atoms with Crippen LogP contribution in [0.25, 0.3) is 5.65 Å². The number of nitrogens with zero attached hydrogens (tertiary/aromatic N) is 7. The number of carbonyl (C=O) groups is 1. The standard InChI is InChI=1S/C26H38N8O2/c1-17-11-21(12-18(2)34(17)25(35)36-26(3,4)5)32-14-20(13-28-32)30-23-24-27-16-29-33(24)15-22(31-23)19-9-7-6-8-10-19/h13-19,21H,6-12H2,1-5H3,(H,30,31)/t17-,18+,21?. The molecule has 3 atom stereocenters. The van der Waals surface area contributed by atoms with E-state index >= 15 is 0 Å². The summed E-state index contributed by atoms with van der Waals surface area (Å²) in [6.07, 6.45) is 15.0. The van der Waals surface area contributed by atoms with Crippen molar-refractivity contribution in [2.24, 2.45) is 0 Å². The summed E-state index contributed by atoms with van der Waals surface area (Å²) in [6.45, 7) is 9.87.